The maximum atomic E-state index is 12.4. The molecule has 118 valence electrons. The largest absolute Gasteiger partial charge is 0.354 e. The zero-order chi connectivity index (χ0) is 16.1. The lowest BCUT2D eigenvalue weighted by Crippen LogP contribution is -2.35. The van der Waals surface area contributed by atoms with E-state index in [1.54, 1.807) is 4.57 Å². The standard InChI is InChI=1S/C18H24N2O2/c1-4-14(5-2)17(21)19-10-11-20-16-9-7-6-8-15(16)12-13(3)18(20)22/h6-9,12,14H,4-5,10-11H2,1-3H3,(H,19,21). The molecule has 0 radical (unpaired) electrons. The van der Waals surface area contributed by atoms with Gasteiger partial charge in [0.1, 0.15) is 0 Å². The van der Waals surface area contributed by atoms with Gasteiger partial charge in [-0.05, 0) is 37.3 Å². The summed E-state index contributed by atoms with van der Waals surface area (Å²) in [6.07, 6.45) is 1.69. The van der Waals surface area contributed by atoms with Crippen LogP contribution in [0.3, 0.4) is 0 Å². The van der Waals surface area contributed by atoms with Crippen LogP contribution in [-0.2, 0) is 11.3 Å². The third-order valence-corrected chi connectivity index (χ3v) is 4.17. The number of aryl methyl sites for hydroxylation is 1. The van der Waals surface area contributed by atoms with Crippen LogP contribution in [0.15, 0.2) is 35.1 Å². The summed E-state index contributed by atoms with van der Waals surface area (Å²) in [4.78, 5) is 24.4. The number of rotatable bonds is 6. The average molecular weight is 300 g/mol. The Labute approximate surface area is 131 Å². The molecule has 1 aromatic heterocycles. The van der Waals surface area contributed by atoms with Gasteiger partial charge in [0.05, 0.1) is 5.52 Å². The molecule has 1 amide bonds. The Bertz CT molecular complexity index is 715. The van der Waals surface area contributed by atoms with E-state index in [1.807, 2.05) is 51.1 Å². The predicted molar refractivity (Wildman–Crippen MR) is 90.0 cm³/mol. The van der Waals surface area contributed by atoms with Crippen molar-refractivity contribution in [1.82, 2.24) is 9.88 Å². The second kappa shape index (κ2) is 7.25. The SMILES string of the molecule is CCC(CC)C(=O)NCCn1c(=O)c(C)cc2ccccc21. The van der Waals surface area contributed by atoms with Crippen molar-refractivity contribution in [3.05, 3.63) is 46.2 Å². The fourth-order valence-electron chi connectivity index (χ4n) is 2.79. The minimum atomic E-state index is 0.00971. The topological polar surface area (TPSA) is 51.1 Å². The molecule has 0 aliphatic rings. The first-order valence-electron chi connectivity index (χ1n) is 7.95. The minimum Gasteiger partial charge on any atom is -0.354 e. The molecule has 0 aliphatic heterocycles. The van der Waals surface area contributed by atoms with Crippen LogP contribution in [0.25, 0.3) is 10.9 Å². The van der Waals surface area contributed by atoms with Gasteiger partial charge in [-0.2, -0.15) is 0 Å². The Morgan fingerprint density at radius 3 is 2.59 bits per heavy atom. The van der Waals surface area contributed by atoms with E-state index in [-0.39, 0.29) is 17.4 Å². The quantitative estimate of drug-likeness (QED) is 0.892. The van der Waals surface area contributed by atoms with E-state index in [9.17, 15) is 9.59 Å². The first kappa shape index (κ1) is 16.3. The van der Waals surface area contributed by atoms with Crippen LogP contribution >= 0.6 is 0 Å². The first-order valence-corrected chi connectivity index (χ1v) is 7.95. The normalized spacial score (nSPS) is 11.1. The van der Waals surface area contributed by atoms with Crippen molar-refractivity contribution in [3.63, 3.8) is 0 Å². The molecule has 0 spiro atoms. The lowest BCUT2D eigenvalue weighted by Gasteiger charge is -2.15. The number of fused-ring (bicyclic) bond motifs is 1. The minimum absolute atomic E-state index is 0.00971. The number of aromatic nitrogens is 1. The molecule has 2 aromatic rings. The number of nitrogens with one attached hydrogen (secondary N) is 1. The van der Waals surface area contributed by atoms with Crippen molar-refractivity contribution in [1.29, 1.82) is 0 Å². The number of para-hydroxylation sites is 1. The van der Waals surface area contributed by atoms with Crippen LogP contribution in [0.1, 0.15) is 32.3 Å². The Morgan fingerprint density at radius 1 is 1.23 bits per heavy atom. The van der Waals surface area contributed by atoms with E-state index in [4.69, 9.17) is 0 Å². The highest BCUT2D eigenvalue weighted by atomic mass is 16.2. The van der Waals surface area contributed by atoms with Gasteiger partial charge in [-0.25, -0.2) is 0 Å². The van der Waals surface area contributed by atoms with E-state index >= 15 is 0 Å². The van der Waals surface area contributed by atoms with Crippen LogP contribution in [0.5, 0.6) is 0 Å². The number of pyridine rings is 1. The Kier molecular flexibility index (Phi) is 5.36. The summed E-state index contributed by atoms with van der Waals surface area (Å²) in [5, 5.41) is 3.99. The summed E-state index contributed by atoms with van der Waals surface area (Å²) in [5.41, 5.74) is 1.65. The summed E-state index contributed by atoms with van der Waals surface area (Å²) in [6, 6.07) is 9.75. The number of amides is 1. The van der Waals surface area contributed by atoms with Gasteiger partial charge in [-0.3, -0.25) is 9.59 Å². The highest BCUT2D eigenvalue weighted by Crippen LogP contribution is 2.13. The lowest BCUT2D eigenvalue weighted by molar-refractivity contribution is -0.125. The van der Waals surface area contributed by atoms with Gasteiger partial charge >= 0.3 is 0 Å². The summed E-state index contributed by atoms with van der Waals surface area (Å²) in [6.45, 7) is 6.84. The van der Waals surface area contributed by atoms with Crippen molar-refractivity contribution < 1.29 is 4.79 Å². The molecular weight excluding hydrogens is 276 g/mol. The van der Waals surface area contributed by atoms with E-state index in [2.05, 4.69) is 5.32 Å². The van der Waals surface area contributed by atoms with Crippen molar-refractivity contribution in [3.8, 4) is 0 Å². The lowest BCUT2D eigenvalue weighted by atomic mass is 10.0. The van der Waals surface area contributed by atoms with Gasteiger partial charge < -0.3 is 9.88 Å². The molecule has 4 heteroatoms. The summed E-state index contributed by atoms with van der Waals surface area (Å²) < 4.78 is 1.75. The molecule has 2 rings (SSSR count). The summed E-state index contributed by atoms with van der Waals surface area (Å²) in [5.74, 6) is 0.140. The molecule has 22 heavy (non-hydrogen) atoms. The average Bonchev–Trinajstić information content (AvgIpc) is 2.52. The number of benzene rings is 1. The molecule has 0 saturated carbocycles. The Balaban J connectivity index is 2.17. The van der Waals surface area contributed by atoms with Crippen LogP contribution in [-0.4, -0.2) is 17.0 Å². The van der Waals surface area contributed by atoms with Crippen LogP contribution in [0.4, 0.5) is 0 Å². The van der Waals surface area contributed by atoms with Crippen molar-refractivity contribution >= 4 is 16.8 Å². The number of carbonyl (C=O) groups is 1. The highest BCUT2D eigenvalue weighted by molar-refractivity contribution is 5.80. The highest BCUT2D eigenvalue weighted by Gasteiger charge is 2.13. The smallest absolute Gasteiger partial charge is 0.254 e. The Hall–Kier alpha value is -2.10. The fourth-order valence-corrected chi connectivity index (χ4v) is 2.79. The summed E-state index contributed by atoms with van der Waals surface area (Å²) in [7, 11) is 0. The van der Waals surface area contributed by atoms with Crippen molar-refractivity contribution in [2.45, 2.75) is 40.2 Å². The molecule has 0 atom stereocenters. The van der Waals surface area contributed by atoms with Crippen LogP contribution in [0.2, 0.25) is 0 Å². The number of carbonyl (C=O) groups excluding carboxylic acids is 1. The predicted octanol–water partition coefficient (Wildman–Crippen LogP) is 2.86. The molecule has 1 heterocycles. The summed E-state index contributed by atoms with van der Waals surface area (Å²) >= 11 is 0. The first-order chi connectivity index (χ1) is 10.6. The van der Waals surface area contributed by atoms with E-state index in [0.29, 0.717) is 13.1 Å². The van der Waals surface area contributed by atoms with E-state index in [0.717, 1.165) is 29.3 Å². The molecule has 0 unspecified atom stereocenters. The molecule has 0 bridgehead atoms. The molecule has 0 fully saturated rings. The van der Waals surface area contributed by atoms with Gasteiger partial charge in [-0.1, -0.05) is 32.0 Å². The molecular formula is C18H24N2O2. The van der Waals surface area contributed by atoms with Gasteiger partial charge in [0.15, 0.2) is 0 Å². The van der Waals surface area contributed by atoms with E-state index in [1.165, 1.54) is 0 Å². The molecule has 4 nitrogen and oxygen atoms in total. The maximum Gasteiger partial charge on any atom is 0.254 e. The second-order valence-corrected chi connectivity index (χ2v) is 5.65. The third-order valence-electron chi connectivity index (χ3n) is 4.17. The fraction of sp³-hybridized carbons (Fsp3) is 0.444. The molecule has 1 aromatic carbocycles. The zero-order valence-corrected chi connectivity index (χ0v) is 13.6. The number of hydrogen-bond donors (Lipinski definition) is 1. The van der Waals surface area contributed by atoms with Crippen molar-refractivity contribution in [2.75, 3.05) is 6.54 Å². The number of hydrogen-bond acceptors (Lipinski definition) is 2. The zero-order valence-electron chi connectivity index (χ0n) is 13.6. The monoisotopic (exact) mass is 300 g/mol. The Morgan fingerprint density at radius 2 is 1.91 bits per heavy atom. The maximum absolute atomic E-state index is 12.4. The third kappa shape index (κ3) is 3.38. The van der Waals surface area contributed by atoms with Gasteiger partial charge in [0.25, 0.3) is 5.56 Å². The van der Waals surface area contributed by atoms with Gasteiger partial charge in [0, 0.05) is 24.6 Å². The molecule has 0 aliphatic carbocycles. The molecule has 0 saturated heterocycles. The van der Waals surface area contributed by atoms with E-state index < -0.39 is 0 Å². The van der Waals surface area contributed by atoms with Crippen molar-refractivity contribution in [2.24, 2.45) is 5.92 Å². The van der Waals surface area contributed by atoms with Gasteiger partial charge in [-0.15, -0.1) is 0 Å². The van der Waals surface area contributed by atoms with Crippen LogP contribution < -0.4 is 10.9 Å². The second-order valence-electron chi connectivity index (χ2n) is 5.65. The number of nitrogens with zero attached hydrogens (tertiary/aromatic N) is 1. The molecule has 1 N–H and O–H groups in total. The van der Waals surface area contributed by atoms with Gasteiger partial charge in [0.2, 0.25) is 5.91 Å². The van der Waals surface area contributed by atoms with Crippen LogP contribution in [0, 0.1) is 12.8 Å².